The van der Waals surface area contributed by atoms with Gasteiger partial charge in [0, 0.05) is 30.4 Å². The van der Waals surface area contributed by atoms with E-state index in [1.165, 1.54) is 12.4 Å². The Morgan fingerprint density at radius 2 is 2.06 bits per heavy atom. The van der Waals surface area contributed by atoms with Gasteiger partial charge in [0.25, 0.3) is 0 Å². The normalized spacial score (nSPS) is 13.6. The minimum absolute atomic E-state index is 0.0449. The number of aliphatic hydroxyl groups excluding tert-OH is 1. The van der Waals surface area contributed by atoms with Crippen molar-refractivity contribution in [2.75, 3.05) is 0 Å². The molecule has 90 valence electrons. The molecule has 2 aromatic rings. The van der Waals surface area contributed by atoms with Crippen molar-refractivity contribution in [3.8, 4) is 0 Å². The molecule has 2 heterocycles. The van der Waals surface area contributed by atoms with Crippen molar-refractivity contribution in [3.63, 3.8) is 0 Å². The number of imidazole rings is 1. The van der Waals surface area contributed by atoms with Crippen molar-refractivity contribution < 1.29 is 18.3 Å². The van der Waals surface area contributed by atoms with Gasteiger partial charge in [0.2, 0.25) is 0 Å². The van der Waals surface area contributed by atoms with Crippen LogP contribution in [0.4, 0.5) is 13.2 Å². The van der Waals surface area contributed by atoms with E-state index in [-0.39, 0.29) is 11.4 Å². The largest absolute Gasteiger partial charge is 0.416 e. The molecule has 2 N–H and O–H groups in total. The summed E-state index contributed by atoms with van der Waals surface area (Å²) in [4.78, 5) is 9.86. The summed E-state index contributed by atoms with van der Waals surface area (Å²) in [5.41, 5.74) is -1.24. The molecular weight excluding hydrogens is 235 g/mol. The molecule has 1 atom stereocenters. The summed E-state index contributed by atoms with van der Waals surface area (Å²) in [5.74, 6) is 0.0449. The van der Waals surface area contributed by atoms with Gasteiger partial charge in [0.05, 0.1) is 5.56 Å². The fourth-order valence-electron chi connectivity index (χ4n) is 1.46. The van der Waals surface area contributed by atoms with Crippen LogP contribution in [0, 0.1) is 0 Å². The van der Waals surface area contributed by atoms with Crippen molar-refractivity contribution in [3.05, 3.63) is 47.8 Å². The van der Waals surface area contributed by atoms with Gasteiger partial charge in [-0.2, -0.15) is 13.2 Å². The lowest BCUT2D eigenvalue weighted by Gasteiger charge is -2.15. The van der Waals surface area contributed by atoms with Crippen LogP contribution in [-0.2, 0) is 6.18 Å². The predicted molar refractivity (Wildman–Crippen MR) is 51.9 cm³/mol. The lowest BCUT2D eigenvalue weighted by Crippen LogP contribution is -2.13. The molecular formula is C10H8F3N3O. The van der Waals surface area contributed by atoms with Gasteiger partial charge < -0.3 is 10.1 Å². The van der Waals surface area contributed by atoms with E-state index in [2.05, 4.69) is 15.0 Å². The monoisotopic (exact) mass is 243 g/mol. The van der Waals surface area contributed by atoms with Gasteiger partial charge in [-0.05, 0) is 6.07 Å². The molecule has 17 heavy (non-hydrogen) atoms. The summed E-state index contributed by atoms with van der Waals surface area (Å²) in [5, 5.41) is 9.79. The maximum atomic E-state index is 12.7. The van der Waals surface area contributed by atoms with Gasteiger partial charge in [-0.25, -0.2) is 4.98 Å². The summed E-state index contributed by atoms with van der Waals surface area (Å²) >= 11 is 0. The standard InChI is InChI=1S/C10H8F3N3O/c11-10(12,13)7-1-2-14-5-6(7)8(17)9-15-3-4-16-9/h1-5,8,17H,(H,15,16). The molecule has 0 spiro atoms. The molecule has 0 amide bonds. The SMILES string of the molecule is OC(c1ncc[nH]1)c1cnccc1C(F)(F)F. The molecule has 0 fully saturated rings. The molecule has 2 aromatic heterocycles. The number of nitrogens with one attached hydrogen (secondary N) is 1. The van der Waals surface area contributed by atoms with E-state index in [0.29, 0.717) is 0 Å². The molecule has 0 aliphatic heterocycles. The van der Waals surface area contributed by atoms with Gasteiger partial charge in [0.15, 0.2) is 0 Å². The van der Waals surface area contributed by atoms with Crippen LogP contribution in [0.5, 0.6) is 0 Å². The van der Waals surface area contributed by atoms with E-state index < -0.39 is 17.8 Å². The van der Waals surface area contributed by atoms with E-state index in [1.54, 1.807) is 0 Å². The minimum Gasteiger partial charge on any atom is -0.380 e. The number of alkyl halides is 3. The average Bonchev–Trinajstić information content (AvgIpc) is 2.80. The van der Waals surface area contributed by atoms with Crippen LogP contribution in [0.3, 0.4) is 0 Å². The van der Waals surface area contributed by atoms with Crippen LogP contribution in [0.25, 0.3) is 0 Å². The Labute approximate surface area is 94.2 Å². The number of aliphatic hydroxyl groups is 1. The maximum absolute atomic E-state index is 12.7. The smallest absolute Gasteiger partial charge is 0.380 e. The Bertz CT molecular complexity index is 496. The quantitative estimate of drug-likeness (QED) is 0.846. The highest BCUT2D eigenvalue weighted by Gasteiger charge is 2.35. The second kappa shape index (κ2) is 4.17. The first-order chi connectivity index (χ1) is 8.00. The van der Waals surface area contributed by atoms with Gasteiger partial charge in [-0.3, -0.25) is 4.98 Å². The van der Waals surface area contributed by atoms with Crippen molar-refractivity contribution in [1.82, 2.24) is 15.0 Å². The minimum atomic E-state index is -4.54. The summed E-state index contributed by atoms with van der Waals surface area (Å²) in [6.07, 6.45) is -1.23. The summed E-state index contributed by atoms with van der Waals surface area (Å²) in [6, 6.07) is 0.821. The first-order valence-electron chi connectivity index (χ1n) is 4.68. The molecule has 2 rings (SSSR count). The predicted octanol–water partition coefficient (Wildman–Crippen LogP) is 1.91. The molecule has 0 saturated carbocycles. The number of aromatic nitrogens is 3. The van der Waals surface area contributed by atoms with Crippen molar-refractivity contribution in [2.24, 2.45) is 0 Å². The zero-order valence-electron chi connectivity index (χ0n) is 8.44. The second-order valence-corrected chi connectivity index (χ2v) is 3.34. The molecule has 0 radical (unpaired) electrons. The van der Waals surface area contributed by atoms with Crippen molar-refractivity contribution in [1.29, 1.82) is 0 Å². The summed E-state index contributed by atoms with van der Waals surface area (Å²) in [6.45, 7) is 0. The zero-order chi connectivity index (χ0) is 12.5. The highest BCUT2D eigenvalue weighted by Crippen LogP contribution is 2.35. The van der Waals surface area contributed by atoms with Crippen LogP contribution in [-0.4, -0.2) is 20.1 Å². The lowest BCUT2D eigenvalue weighted by molar-refractivity contribution is -0.139. The lowest BCUT2D eigenvalue weighted by atomic mass is 10.0. The Balaban J connectivity index is 2.46. The Kier molecular flexibility index (Phi) is 2.84. The molecule has 0 aliphatic rings. The Morgan fingerprint density at radius 3 is 2.65 bits per heavy atom. The topological polar surface area (TPSA) is 61.8 Å². The van der Waals surface area contributed by atoms with Crippen LogP contribution in [0.15, 0.2) is 30.9 Å². The number of hydrogen-bond donors (Lipinski definition) is 2. The first-order valence-corrected chi connectivity index (χ1v) is 4.68. The number of hydrogen-bond acceptors (Lipinski definition) is 3. The fourth-order valence-corrected chi connectivity index (χ4v) is 1.46. The van der Waals surface area contributed by atoms with Crippen LogP contribution < -0.4 is 0 Å². The van der Waals surface area contributed by atoms with Crippen LogP contribution in [0.2, 0.25) is 0 Å². The van der Waals surface area contributed by atoms with E-state index in [1.807, 2.05) is 0 Å². The highest BCUT2D eigenvalue weighted by atomic mass is 19.4. The maximum Gasteiger partial charge on any atom is 0.416 e. The van der Waals surface area contributed by atoms with E-state index >= 15 is 0 Å². The Morgan fingerprint density at radius 1 is 1.29 bits per heavy atom. The number of H-pyrrole nitrogens is 1. The van der Waals surface area contributed by atoms with E-state index in [0.717, 1.165) is 18.5 Å². The highest BCUT2D eigenvalue weighted by molar-refractivity contribution is 5.31. The third-order valence-corrected chi connectivity index (χ3v) is 2.23. The molecule has 1 unspecified atom stereocenters. The van der Waals surface area contributed by atoms with Gasteiger partial charge in [0.1, 0.15) is 11.9 Å². The third kappa shape index (κ3) is 2.28. The Hall–Kier alpha value is -1.89. The zero-order valence-corrected chi connectivity index (χ0v) is 8.44. The first kappa shape index (κ1) is 11.6. The van der Waals surface area contributed by atoms with Crippen LogP contribution >= 0.6 is 0 Å². The second-order valence-electron chi connectivity index (χ2n) is 3.34. The summed E-state index contributed by atoms with van der Waals surface area (Å²) < 4.78 is 38.0. The molecule has 4 nitrogen and oxygen atoms in total. The van der Waals surface area contributed by atoms with E-state index in [9.17, 15) is 18.3 Å². The van der Waals surface area contributed by atoms with Gasteiger partial charge in [-0.15, -0.1) is 0 Å². The molecule has 7 heteroatoms. The number of pyridine rings is 1. The molecule has 0 saturated heterocycles. The molecule has 0 aromatic carbocycles. The molecule has 0 bridgehead atoms. The number of halogens is 3. The number of nitrogens with zero attached hydrogens (tertiary/aromatic N) is 2. The van der Waals surface area contributed by atoms with Gasteiger partial charge in [-0.1, -0.05) is 0 Å². The van der Waals surface area contributed by atoms with Crippen molar-refractivity contribution >= 4 is 0 Å². The molecule has 0 aliphatic carbocycles. The third-order valence-electron chi connectivity index (χ3n) is 2.23. The number of rotatable bonds is 2. The average molecular weight is 243 g/mol. The van der Waals surface area contributed by atoms with Gasteiger partial charge >= 0.3 is 6.18 Å². The van der Waals surface area contributed by atoms with Crippen LogP contribution in [0.1, 0.15) is 23.1 Å². The van der Waals surface area contributed by atoms with E-state index in [4.69, 9.17) is 0 Å². The number of aromatic amines is 1. The fraction of sp³-hybridized carbons (Fsp3) is 0.200. The van der Waals surface area contributed by atoms with Crippen molar-refractivity contribution in [2.45, 2.75) is 12.3 Å². The summed E-state index contributed by atoms with van der Waals surface area (Å²) in [7, 11) is 0.